The van der Waals surface area contributed by atoms with E-state index in [0.717, 1.165) is 17.2 Å². The van der Waals surface area contributed by atoms with Crippen molar-refractivity contribution in [2.75, 3.05) is 24.3 Å². The lowest BCUT2D eigenvalue weighted by Gasteiger charge is -2.31. The molecule has 0 spiro atoms. The smallest absolute Gasteiger partial charge is 0.0198 e. The van der Waals surface area contributed by atoms with Crippen molar-refractivity contribution >= 4 is 23.5 Å². The van der Waals surface area contributed by atoms with Crippen LogP contribution in [0.2, 0.25) is 0 Å². The summed E-state index contributed by atoms with van der Waals surface area (Å²) in [7, 11) is 0. The maximum Gasteiger partial charge on any atom is 0.0198 e. The van der Waals surface area contributed by atoms with Gasteiger partial charge in [-0.3, -0.25) is 0 Å². The molecule has 1 heterocycles. The van der Waals surface area contributed by atoms with Gasteiger partial charge in [-0.05, 0) is 49.5 Å². The highest BCUT2D eigenvalue weighted by molar-refractivity contribution is 7.99. The summed E-state index contributed by atoms with van der Waals surface area (Å²) in [5.74, 6) is 3.74. The second-order valence-electron chi connectivity index (χ2n) is 4.80. The maximum absolute atomic E-state index is 3.83. The number of hydrogen-bond acceptors (Lipinski definition) is 3. The number of hydrogen-bond donors (Lipinski definition) is 1. The van der Waals surface area contributed by atoms with Gasteiger partial charge in [0.15, 0.2) is 0 Å². The maximum atomic E-state index is 3.83. The Kier molecular flexibility index (Phi) is 5.18. The summed E-state index contributed by atoms with van der Waals surface area (Å²) >= 11 is 4.20. The van der Waals surface area contributed by atoms with Crippen LogP contribution < -0.4 is 5.32 Å². The van der Waals surface area contributed by atoms with Crippen LogP contribution in [0.15, 0.2) is 0 Å². The lowest BCUT2D eigenvalue weighted by atomic mass is 9.94. The molecule has 2 fully saturated rings. The molecule has 1 aliphatic carbocycles. The van der Waals surface area contributed by atoms with Gasteiger partial charge in [0, 0.05) is 11.3 Å². The Morgan fingerprint density at radius 3 is 2.87 bits per heavy atom. The van der Waals surface area contributed by atoms with E-state index in [4.69, 9.17) is 0 Å². The molecule has 1 nitrogen and oxygen atoms in total. The molecule has 1 N–H and O–H groups in total. The van der Waals surface area contributed by atoms with E-state index in [1.807, 2.05) is 0 Å². The monoisotopic (exact) mass is 245 g/mol. The third kappa shape index (κ3) is 3.57. The summed E-state index contributed by atoms with van der Waals surface area (Å²) in [6.07, 6.45) is 9.44. The van der Waals surface area contributed by atoms with E-state index in [1.54, 1.807) is 0 Å². The fraction of sp³-hybridized carbons (Fsp3) is 1.00. The van der Waals surface area contributed by atoms with Crippen LogP contribution in [0.3, 0.4) is 0 Å². The Morgan fingerprint density at radius 1 is 1.27 bits per heavy atom. The van der Waals surface area contributed by atoms with Gasteiger partial charge in [0.05, 0.1) is 0 Å². The Hall–Kier alpha value is 0.660. The van der Waals surface area contributed by atoms with Crippen LogP contribution in [-0.4, -0.2) is 35.6 Å². The summed E-state index contributed by atoms with van der Waals surface area (Å²) < 4.78 is 0. The molecule has 0 aromatic rings. The average molecular weight is 245 g/mol. The van der Waals surface area contributed by atoms with E-state index in [9.17, 15) is 0 Å². The second kappa shape index (κ2) is 6.41. The molecule has 0 bridgehead atoms. The van der Waals surface area contributed by atoms with Gasteiger partial charge in [0.2, 0.25) is 0 Å². The van der Waals surface area contributed by atoms with Crippen molar-refractivity contribution in [2.45, 2.75) is 43.4 Å². The van der Waals surface area contributed by atoms with Gasteiger partial charge in [-0.15, -0.1) is 0 Å². The zero-order valence-corrected chi connectivity index (χ0v) is 11.3. The minimum Gasteiger partial charge on any atom is -0.313 e. The van der Waals surface area contributed by atoms with Gasteiger partial charge in [0.25, 0.3) is 0 Å². The van der Waals surface area contributed by atoms with E-state index >= 15 is 0 Å². The van der Waals surface area contributed by atoms with Gasteiger partial charge >= 0.3 is 0 Å². The molecule has 0 aromatic heterocycles. The molecule has 88 valence electrons. The third-order valence-electron chi connectivity index (χ3n) is 3.70. The molecule has 1 saturated heterocycles. The van der Waals surface area contributed by atoms with E-state index in [2.05, 4.69) is 35.1 Å². The molecule has 2 aliphatic rings. The minimum absolute atomic E-state index is 0.805. The Balaban J connectivity index is 1.71. The fourth-order valence-electron chi connectivity index (χ4n) is 2.67. The topological polar surface area (TPSA) is 12.0 Å². The lowest BCUT2D eigenvalue weighted by Crippen LogP contribution is -2.42. The largest absolute Gasteiger partial charge is 0.313 e. The van der Waals surface area contributed by atoms with Gasteiger partial charge in [-0.2, -0.15) is 23.5 Å². The average Bonchev–Trinajstić information content (AvgIpc) is 2.79. The van der Waals surface area contributed by atoms with Gasteiger partial charge in [-0.25, -0.2) is 0 Å². The molecule has 0 radical (unpaired) electrons. The molecule has 3 unspecified atom stereocenters. The second-order valence-corrected chi connectivity index (χ2v) is 7.03. The first-order chi connectivity index (χ1) is 7.40. The number of rotatable bonds is 4. The highest BCUT2D eigenvalue weighted by Crippen LogP contribution is 2.28. The zero-order valence-electron chi connectivity index (χ0n) is 9.71. The van der Waals surface area contributed by atoms with E-state index in [1.165, 1.54) is 50.2 Å². The third-order valence-corrected chi connectivity index (χ3v) is 6.10. The fourth-order valence-corrected chi connectivity index (χ4v) is 4.92. The van der Waals surface area contributed by atoms with Crippen LogP contribution >= 0.6 is 23.5 Å². The van der Waals surface area contributed by atoms with E-state index in [0.29, 0.717) is 0 Å². The van der Waals surface area contributed by atoms with Gasteiger partial charge in [-0.1, -0.05) is 12.8 Å². The molecule has 0 amide bonds. The van der Waals surface area contributed by atoms with Crippen molar-refractivity contribution in [3.05, 3.63) is 0 Å². The van der Waals surface area contributed by atoms with Crippen molar-refractivity contribution in [3.63, 3.8) is 0 Å². The molecule has 1 aliphatic heterocycles. The normalized spacial score (nSPS) is 37.0. The Labute approximate surface area is 103 Å². The van der Waals surface area contributed by atoms with E-state index < -0.39 is 0 Å². The zero-order chi connectivity index (χ0) is 10.5. The van der Waals surface area contributed by atoms with Crippen molar-refractivity contribution in [1.29, 1.82) is 0 Å². The van der Waals surface area contributed by atoms with Crippen molar-refractivity contribution in [1.82, 2.24) is 5.32 Å². The first-order valence-corrected chi connectivity index (χ1v) is 8.68. The summed E-state index contributed by atoms with van der Waals surface area (Å²) in [6.45, 7) is 1.27. The quantitative estimate of drug-likeness (QED) is 0.818. The predicted octanol–water partition coefficient (Wildman–Crippen LogP) is 3.00. The van der Waals surface area contributed by atoms with Crippen LogP contribution in [0.25, 0.3) is 0 Å². The van der Waals surface area contributed by atoms with Crippen LogP contribution in [-0.2, 0) is 0 Å². The molecular formula is C12H23NS2. The lowest BCUT2D eigenvalue weighted by molar-refractivity contribution is 0.363. The van der Waals surface area contributed by atoms with E-state index in [-0.39, 0.29) is 0 Å². The first-order valence-electron chi connectivity index (χ1n) is 6.24. The number of thioether (sulfide) groups is 2. The standard InChI is InChI=1S/C12H23NS2/c1-14-12-5-3-2-4-11(12)13-8-10-6-7-15-9-10/h10-13H,2-9H2,1H3. The van der Waals surface area contributed by atoms with Crippen molar-refractivity contribution in [2.24, 2.45) is 5.92 Å². The summed E-state index contributed by atoms with van der Waals surface area (Å²) in [5, 5.41) is 4.71. The SMILES string of the molecule is CSC1CCCCC1NCC1CCSC1. The molecule has 1 saturated carbocycles. The first kappa shape index (κ1) is 12.1. The molecule has 3 atom stereocenters. The number of nitrogens with one attached hydrogen (secondary N) is 1. The summed E-state index contributed by atoms with van der Waals surface area (Å²) in [6, 6.07) is 0.805. The van der Waals surface area contributed by atoms with Gasteiger partial charge in [0.1, 0.15) is 0 Å². The predicted molar refractivity (Wildman–Crippen MR) is 73.0 cm³/mol. The Morgan fingerprint density at radius 2 is 2.13 bits per heavy atom. The van der Waals surface area contributed by atoms with Crippen molar-refractivity contribution in [3.8, 4) is 0 Å². The van der Waals surface area contributed by atoms with Crippen LogP contribution in [0.5, 0.6) is 0 Å². The highest BCUT2D eigenvalue weighted by Gasteiger charge is 2.25. The minimum atomic E-state index is 0.805. The molecule has 2 rings (SSSR count). The summed E-state index contributed by atoms with van der Waals surface area (Å²) in [4.78, 5) is 0. The van der Waals surface area contributed by atoms with Crippen LogP contribution in [0.4, 0.5) is 0 Å². The molecular weight excluding hydrogens is 222 g/mol. The Bertz CT molecular complexity index is 180. The highest BCUT2D eigenvalue weighted by atomic mass is 32.2. The van der Waals surface area contributed by atoms with Crippen LogP contribution in [0.1, 0.15) is 32.1 Å². The summed E-state index contributed by atoms with van der Waals surface area (Å²) in [5.41, 5.74) is 0. The van der Waals surface area contributed by atoms with Crippen LogP contribution in [0, 0.1) is 5.92 Å². The van der Waals surface area contributed by atoms with Gasteiger partial charge < -0.3 is 5.32 Å². The molecule has 0 aromatic carbocycles. The molecule has 15 heavy (non-hydrogen) atoms. The van der Waals surface area contributed by atoms with Crippen molar-refractivity contribution < 1.29 is 0 Å². The molecule has 3 heteroatoms.